The highest BCUT2D eigenvalue weighted by Crippen LogP contribution is 2.40. The molecule has 3 aliphatic carbocycles. The molecule has 0 aliphatic heterocycles. The lowest BCUT2D eigenvalue weighted by Gasteiger charge is -2.36. The summed E-state index contributed by atoms with van der Waals surface area (Å²) in [6, 6.07) is 1.77. The monoisotopic (exact) mass is 250 g/mol. The second kappa shape index (κ2) is 5.50. The fourth-order valence-corrected chi connectivity index (χ4v) is 4.17. The first-order valence-electron chi connectivity index (χ1n) is 8.21. The van der Waals surface area contributed by atoms with E-state index >= 15 is 0 Å². The zero-order chi connectivity index (χ0) is 12.4. The normalized spacial score (nSPS) is 28.3. The van der Waals surface area contributed by atoms with Crippen molar-refractivity contribution in [2.24, 2.45) is 5.41 Å². The number of hydrogen-bond donors (Lipinski definition) is 1. The van der Waals surface area contributed by atoms with E-state index < -0.39 is 0 Å². The molecule has 2 nitrogen and oxygen atoms in total. The Morgan fingerprint density at radius 1 is 1.00 bits per heavy atom. The van der Waals surface area contributed by atoms with Gasteiger partial charge >= 0.3 is 0 Å². The zero-order valence-electron chi connectivity index (χ0n) is 12.1. The van der Waals surface area contributed by atoms with Gasteiger partial charge in [0.25, 0.3) is 0 Å². The van der Waals surface area contributed by atoms with Gasteiger partial charge in [-0.25, -0.2) is 0 Å². The molecule has 3 fully saturated rings. The minimum Gasteiger partial charge on any atom is -0.313 e. The van der Waals surface area contributed by atoms with Gasteiger partial charge in [-0.3, -0.25) is 0 Å². The molecule has 0 saturated heterocycles. The number of rotatable bonds is 6. The van der Waals surface area contributed by atoms with E-state index in [1.54, 1.807) is 0 Å². The molecule has 0 aromatic rings. The first-order valence-corrected chi connectivity index (χ1v) is 8.21. The van der Waals surface area contributed by atoms with Gasteiger partial charge in [0.1, 0.15) is 0 Å². The maximum atomic E-state index is 3.81. The van der Waals surface area contributed by atoms with Crippen molar-refractivity contribution in [3.05, 3.63) is 0 Å². The quantitative estimate of drug-likeness (QED) is 0.779. The Morgan fingerprint density at radius 3 is 2.28 bits per heavy atom. The molecule has 0 aromatic heterocycles. The average Bonchev–Trinajstić information content (AvgIpc) is 2.87. The minimum atomic E-state index is 0.611. The van der Waals surface area contributed by atoms with Gasteiger partial charge in [0.05, 0.1) is 0 Å². The molecule has 0 spiro atoms. The Balaban J connectivity index is 1.54. The van der Waals surface area contributed by atoms with Gasteiger partial charge in [0.2, 0.25) is 0 Å². The molecule has 18 heavy (non-hydrogen) atoms. The highest BCUT2D eigenvalue weighted by atomic mass is 15.1. The van der Waals surface area contributed by atoms with Crippen molar-refractivity contribution in [1.82, 2.24) is 10.2 Å². The second-order valence-corrected chi connectivity index (χ2v) is 7.22. The Morgan fingerprint density at radius 2 is 1.67 bits per heavy atom. The Labute approximate surface area is 113 Å². The maximum absolute atomic E-state index is 3.81. The molecule has 0 radical (unpaired) electrons. The first kappa shape index (κ1) is 12.9. The summed E-state index contributed by atoms with van der Waals surface area (Å²) in [6.07, 6.45) is 14.5. The lowest BCUT2D eigenvalue weighted by molar-refractivity contribution is 0.135. The number of nitrogens with one attached hydrogen (secondary N) is 1. The summed E-state index contributed by atoms with van der Waals surface area (Å²) in [4.78, 5) is 2.70. The third-order valence-electron chi connectivity index (χ3n) is 5.54. The van der Waals surface area contributed by atoms with Crippen LogP contribution in [0.4, 0.5) is 0 Å². The van der Waals surface area contributed by atoms with Crippen LogP contribution in [-0.4, -0.2) is 37.1 Å². The van der Waals surface area contributed by atoms with Crippen LogP contribution >= 0.6 is 0 Å². The molecule has 0 heterocycles. The van der Waals surface area contributed by atoms with E-state index in [1.807, 2.05) is 0 Å². The lowest BCUT2D eigenvalue weighted by atomic mass is 9.85. The number of hydrogen-bond acceptors (Lipinski definition) is 2. The Kier molecular flexibility index (Phi) is 3.95. The molecular formula is C16H30N2. The summed E-state index contributed by atoms with van der Waals surface area (Å²) in [6.45, 7) is 2.63. The van der Waals surface area contributed by atoms with Crippen molar-refractivity contribution in [1.29, 1.82) is 0 Å². The molecule has 3 aliphatic rings. The summed E-state index contributed by atoms with van der Waals surface area (Å²) >= 11 is 0. The van der Waals surface area contributed by atoms with Crippen LogP contribution in [-0.2, 0) is 0 Å². The number of nitrogens with zero attached hydrogens (tertiary/aromatic N) is 1. The van der Waals surface area contributed by atoms with Gasteiger partial charge in [0.15, 0.2) is 0 Å². The molecule has 1 N–H and O–H groups in total. The largest absolute Gasteiger partial charge is 0.313 e. The SMILES string of the molecule is CN(CC1(CNC2CC2)CCCC1)C1CCCC1. The van der Waals surface area contributed by atoms with E-state index in [0.29, 0.717) is 5.41 Å². The predicted molar refractivity (Wildman–Crippen MR) is 76.8 cm³/mol. The minimum absolute atomic E-state index is 0.611. The molecule has 0 unspecified atom stereocenters. The van der Waals surface area contributed by atoms with Crippen LogP contribution in [0.1, 0.15) is 64.2 Å². The predicted octanol–water partition coefficient (Wildman–Crippen LogP) is 3.17. The van der Waals surface area contributed by atoms with Crippen molar-refractivity contribution in [3.63, 3.8) is 0 Å². The van der Waals surface area contributed by atoms with Crippen LogP contribution in [0.25, 0.3) is 0 Å². The molecule has 3 rings (SSSR count). The Bertz CT molecular complexity index is 260. The standard InChI is InChI=1S/C16H30N2/c1-18(15-6-2-3-7-15)13-16(10-4-5-11-16)12-17-14-8-9-14/h14-15,17H,2-13H2,1H3. The van der Waals surface area contributed by atoms with Crippen molar-refractivity contribution >= 4 is 0 Å². The second-order valence-electron chi connectivity index (χ2n) is 7.22. The van der Waals surface area contributed by atoms with Crippen molar-refractivity contribution in [2.45, 2.75) is 76.3 Å². The summed E-state index contributed by atoms with van der Waals surface area (Å²) < 4.78 is 0. The average molecular weight is 250 g/mol. The highest BCUT2D eigenvalue weighted by Gasteiger charge is 2.37. The molecule has 3 saturated carbocycles. The maximum Gasteiger partial charge on any atom is 0.00924 e. The summed E-state index contributed by atoms with van der Waals surface area (Å²) in [5.74, 6) is 0. The van der Waals surface area contributed by atoms with E-state index in [0.717, 1.165) is 12.1 Å². The summed E-state index contributed by atoms with van der Waals surface area (Å²) in [7, 11) is 2.38. The Hall–Kier alpha value is -0.0800. The third-order valence-corrected chi connectivity index (χ3v) is 5.54. The first-order chi connectivity index (χ1) is 8.77. The highest BCUT2D eigenvalue weighted by molar-refractivity contribution is 4.93. The fourth-order valence-electron chi connectivity index (χ4n) is 4.17. The van der Waals surface area contributed by atoms with Gasteiger partial charge in [-0.2, -0.15) is 0 Å². The van der Waals surface area contributed by atoms with Crippen molar-refractivity contribution in [3.8, 4) is 0 Å². The van der Waals surface area contributed by atoms with Crippen LogP contribution in [0.2, 0.25) is 0 Å². The van der Waals surface area contributed by atoms with E-state index in [4.69, 9.17) is 0 Å². The van der Waals surface area contributed by atoms with Crippen molar-refractivity contribution < 1.29 is 0 Å². The smallest absolute Gasteiger partial charge is 0.00924 e. The molecule has 2 heteroatoms. The van der Waals surface area contributed by atoms with Crippen LogP contribution < -0.4 is 5.32 Å². The van der Waals surface area contributed by atoms with E-state index in [9.17, 15) is 0 Å². The molecular weight excluding hydrogens is 220 g/mol. The van der Waals surface area contributed by atoms with Gasteiger partial charge in [-0.05, 0) is 51.0 Å². The van der Waals surface area contributed by atoms with Gasteiger partial charge < -0.3 is 10.2 Å². The fraction of sp³-hybridized carbons (Fsp3) is 1.00. The van der Waals surface area contributed by atoms with Crippen LogP contribution in [0.15, 0.2) is 0 Å². The molecule has 0 aromatic carbocycles. The van der Waals surface area contributed by atoms with E-state index in [2.05, 4.69) is 17.3 Å². The molecule has 104 valence electrons. The third kappa shape index (κ3) is 3.08. The van der Waals surface area contributed by atoms with Crippen LogP contribution in [0.5, 0.6) is 0 Å². The molecule has 0 amide bonds. The molecule has 0 atom stereocenters. The van der Waals surface area contributed by atoms with Gasteiger partial charge in [-0.1, -0.05) is 25.7 Å². The van der Waals surface area contributed by atoms with Crippen LogP contribution in [0, 0.1) is 5.41 Å². The molecule has 0 bridgehead atoms. The van der Waals surface area contributed by atoms with Crippen molar-refractivity contribution in [2.75, 3.05) is 20.1 Å². The summed E-state index contributed by atoms with van der Waals surface area (Å²) in [5, 5.41) is 3.81. The van der Waals surface area contributed by atoms with Gasteiger partial charge in [-0.15, -0.1) is 0 Å². The van der Waals surface area contributed by atoms with Crippen LogP contribution in [0.3, 0.4) is 0 Å². The van der Waals surface area contributed by atoms with E-state index in [1.165, 1.54) is 77.3 Å². The van der Waals surface area contributed by atoms with E-state index in [-0.39, 0.29) is 0 Å². The topological polar surface area (TPSA) is 15.3 Å². The zero-order valence-corrected chi connectivity index (χ0v) is 12.1. The van der Waals surface area contributed by atoms with Gasteiger partial charge in [0, 0.05) is 25.2 Å². The summed E-state index contributed by atoms with van der Waals surface area (Å²) in [5.41, 5.74) is 0.611. The lowest BCUT2D eigenvalue weighted by Crippen LogP contribution is -2.44.